The van der Waals surface area contributed by atoms with Crippen LogP contribution in [0.2, 0.25) is 5.02 Å². The quantitative estimate of drug-likeness (QED) is 0.790. The smallest absolute Gasteiger partial charge is 0.166 e. The molecule has 1 aromatic carbocycles. The predicted molar refractivity (Wildman–Crippen MR) is 70.5 cm³/mol. The fourth-order valence-corrected chi connectivity index (χ4v) is 2.01. The zero-order chi connectivity index (χ0) is 13.1. The Hall–Kier alpha value is -1.92. The van der Waals surface area contributed by atoms with Gasteiger partial charge in [0.1, 0.15) is 0 Å². The Bertz CT molecular complexity index is 646. The molecule has 0 saturated heterocycles. The van der Waals surface area contributed by atoms with Crippen LogP contribution in [0, 0.1) is 17.2 Å². The van der Waals surface area contributed by atoms with Gasteiger partial charge >= 0.3 is 0 Å². The second-order valence-electron chi connectivity index (χ2n) is 4.15. The molecule has 0 aliphatic heterocycles. The largest absolute Gasteiger partial charge is 0.294 e. The van der Waals surface area contributed by atoms with Gasteiger partial charge in [0.05, 0.1) is 22.5 Å². The van der Waals surface area contributed by atoms with E-state index in [0.717, 1.165) is 5.39 Å². The molecule has 18 heavy (non-hydrogen) atoms. The average Bonchev–Trinajstić information content (AvgIpc) is 2.39. The average molecular weight is 259 g/mol. The van der Waals surface area contributed by atoms with Gasteiger partial charge in [-0.3, -0.25) is 9.78 Å². The second-order valence-corrected chi connectivity index (χ2v) is 4.56. The number of fused-ring (bicyclic) bond motifs is 1. The topological polar surface area (TPSA) is 53.8 Å². The minimum absolute atomic E-state index is 0.0792. The summed E-state index contributed by atoms with van der Waals surface area (Å²) >= 11 is 6.06. The van der Waals surface area contributed by atoms with Crippen LogP contribution in [0.4, 0.5) is 0 Å². The van der Waals surface area contributed by atoms with Gasteiger partial charge in [-0.15, -0.1) is 0 Å². The first-order valence-corrected chi connectivity index (χ1v) is 5.97. The Morgan fingerprint density at radius 3 is 3.00 bits per heavy atom. The zero-order valence-corrected chi connectivity index (χ0v) is 10.6. The van der Waals surface area contributed by atoms with Gasteiger partial charge in [-0.25, -0.2) is 0 Å². The van der Waals surface area contributed by atoms with Gasteiger partial charge < -0.3 is 0 Å². The SMILES string of the molecule is CC(C#N)CC(=O)c1ccc(Cl)c2cccnc12. The van der Waals surface area contributed by atoms with Gasteiger partial charge in [0.15, 0.2) is 5.78 Å². The molecule has 0 radical (unpaired) electrons. The summed E-state index contributed by atoms with van der Waals surface area (Å²) in [7, 11) is 0. The third kappa shape index (κ3) is 2.34. The molecule has 0 spiro atoms. The molecule has 0 N–H and O–H groups in total. The van der Waals surface area contributed by atoms with E-state index in [4.69, 9.17) is 16.9 Å². The maximum Gasteiger partial charge on any atom is 0.166 e. The number of rotatable bonds is 3. The maximum atomic E-state index is 12.1. The van der Waals surface area contributed by atoms with Crippen LogP contribution < -0.4 is 0 Å². The van der Waals surface area contributed by atoms with Gasteiger partial charge in [0.25, 0.3) is 0 Å². The molecule has 2 aromatic rings. The number of nitrogens with zero attached hydrogens (tertiary/aromatic N) is 2. The Labute approximate surface area is 110 Å². The Morgan fingerprint density at radius 2 is 2.28 bits per heavy atom. The van der Waals surface area contributed by atoms with Crippen LogP contribution in [0.1, 0.15) is 23.7 Å². The Balaban J connectivity index is 2.49. The van der Waals surface area contributed by atoms with E-state index in [1.54, 1.807) is 31.3 Å². The van der Waals surface area contributed by atoms with Crippen molar-refractivity contribution in [3.63, 3.8) is 0 Å². The number of carbonyl (C=O) groups is 1. The molecule has 1 heterocycles. The molecule has 3 nitrogen and oxygen atoms in total. The number of hydrogen-bond acceptors (Lipinski definition) is 3. The fraction of sp³-hybridized carbons (Fsp3) is 0.214. The summed E-state index contributed by atoms with van der Waals surface area (Å²) in [6.07, 6.45) is 1.83. The van der Waals surface area contributed by atoms with Gasteiger partial charge in [0.2, 0.25) is 0 Å². The lowest BCUT2D eigenvalue weighted by Crippen LogP contribution is -2.06. The normalized spacial score (nSPS) is 12.1. The van der Waals surface area contributed by atoms with Crippen LogP contribution in [0.15, 0.2) is 30.5 Å². The summed E-state index contributed by atoms with van der Waals surface area (Å²) in [6, 6.07) is 9.03. The van der Waals surface area contributed by atoms with Crippen LogP contribution in [0.3, 0.4) is 0 Å². The lowest BCUT2D eigenvalue weighted by Gasteiger charge is -2.07. The minimum Gasteiger partial charge on any atom is -0.294 e. The van der Waals surface area contributed by atoms with Crippen LogP contribution in [-0.2, 0) is 0 Å². The minimum atomic E-state index is -0.299. The molecular weight excluding hydrogens is 248 g/mol. The highest BCUT2D eigenvalue weighted by Gasteiger charge is 2.15. The molecule has 0 aliphatic rings. The number of halogens is 1. The van der Waals surface area contributed by atoms with Crippen molar-refractivity contribution in [2.75, 3.05) is 0 Å². The van der Waals surface area contributed by atoms with E-state index in [-0.39, 0.29) is 18.1 Å². The van der Waals surface area contributed by atoms with Crippen molar-refractivity contribution in [3.8, 4) is 6.07 Å². The highest BCUT2D eigenvalue weighted by Crippen LogP contribution is 2.26. The molecule has 1 atom stereocenters. The number of nitriles is 1. The highest BCUT2D eigenvalue weighted by atomic mass is 35.5. The van der Waals surface area contributed by atoms with Crippen molar-refractivity contribution in [2.24, 2.45) is 5.92 Å². The highest BCUT2D eigenvalue weighted by molar-refractivity contribution is 6.36. The van der Waals surface area contributed by atoms with E-state index in [0.29, 0.717) is 16.1 Å². The van der Waals surface area contributed by atoms with Gasteiger partial charge in [-0.05, 0) is 31.2 Å². The van der Waals surface area contributed by atoms with E-state index in [2.05, 4.69) is 11.1 Å². The molecule has 4 heteroatoms. The van der Waals surface area contributed by atoms with Crippen molar-refractivity contribution >= 4 is 28.3 Å². The summed E-state index contributed by atoms with van der Waals surface area (Å²) in [5, 5.41) is 10.1. The van der Waals surface area contributed by atoms with Gasteiger partial charge in [-0.1, -0.05) is 11.6 Å². The molecule has 0 amide bonds. The van der Waals surface area contributed by atoms with E-state index in [1.807, 2.05) is 6.07 Å². The number of benzene rings is 1. The standard InChI is InChI=1S/C14H11ClN2O/c1-9(8-16)7-13(18)11-4-5-12(15)10-3-2-6-17-14(10)11/h2-6,9H,7H2,1H3. The van der Waals surface area contributed by atoms with Crippen LogP contribution in [0.5, 0.6) is 0 Å². The van der Waals surface area contributed by atoms with Gasteiger partial charge in [-0.2, -0.15) is 5.26 Å². The van der Waals surface area contributed by atoms with E-state index in [9.17, 15) is 4.79 Å². The fourth-order valence-electron chi connectivity index (χ4n) is 1.80. The third-order valence-corrected chi connectivity index (χ3v) is 3.06. The molecule has 2 rings (SSSR count). The van der Waals surface area contributed by atoms with E-state index in [1.165, 1.54) is 0 Å². The van der Waals surface area contributed by atoms with Crippen LogP contribution in [0.25, 0.3) is 10.9 Å². The van der Waals surface area contributed by atoms with Crippen molar-refractivity contribution in [2.45, 2.75) is 13.3 Å². The number of ketones is 1. The lowest BCUT2D eigenvalue weighted by atomic mass is 9.98. The number of hydrogen-bond donors (Lipinski definition) is 0. The van der Waals surface area contributed by atoms with Crippen molar-refractivity contribution in [1.29, 1.82) is 5.26 Å². The maximum absolute atomic E-state index is 12.1. The number of carbonyl (C=O) groups excluding carboxylic acids is 1. The zero-order valence-electron chi connectivity index (χ0n) is 9.85. The molecular formula is C14H11ClN2O. The second kappa shape index (κ2) is 5.16. The summed E-state index contributed by atoms with van der Waals surface area (Å²) in [4.78, 5) is 16.3. The monoisotopic (exact) mass is 258 g/mol. The van der Waals surface area contributed by atoms with Crippen molar-refractivity contribution < 1.29 is 4.79 Å². The first kappa shape index (κ1) is 12.5. The van der Waals surface area contributed by atoms with Gasteiger partial charge in [0, 0.05) is 23.6 Å². The van der Waals surface area contributed by atoms with E-state index < -0.39 is 0 Å². The number of Topliss-reactive ketones (excluding diaryl/α,β-unsaturated/α-hetero) is 1. The number of aromatic nitrogens is 1. The van der Waals surface area contributed by atoms with E-state index >= 15 is 0 Å². The van der Waals surface area contributed by atoms with Crippen LogP contribution >= 0.6 is 11.6 Å². The lowest BCUT2D eigenvalue weighted by molar-refractivity contribution is 0.0974. The summed E-state index contributed by atoms with van der Waals surface area (Å²) < 4.78 is 0. The molecule has 0 saturated carbocycles. The number of pyridine rings is 1. The molecule has 0 fully saturated rings. The van der Waals surface area contributed by atoms with Crippen molar-refractivity contribution in [3.05, 3.63) is 41.0 Å². The Morgan fingerprint density at radius 1 is 1.50 bits per heavy atom. The third-order valence-electron chi connectivity index (χ3n) is 2.73. The summed E-state index contributed by atoms with van der Waals surface area (Å²) in [5.74, 6) is -0.378. The first-order chi connectivity index (χ1) is 8.63. The first-order valence-electron chi connectivity index (χ1n) is 5.59. The van der Waals surface area contributed by atoms with Crippen LogP contribution in [-0.4, -0.2) is 10.8 Å². The molecule has 1 aromatic heterocycles. The predicted octanol–water partition coefficient (Wildman–Crippen LogP) is 3.62. The molecule has 0 bridgehead atoms. The summed E-state index contributed by atoms with van der Waals surface area (Å²) in [6.45, 7) is 1.73. The van der Waals surface area contributed by atoms with Crippen molar-refractivity contribution in [1.82, 2.24) is 4.98 Å². The molecule has 0 aliphatic carbocycles. The molecule has 1 unspecified atom stereocenters. The Kier molecular flexibility index (Phi) is 3.59. The molecule has 90 valence electrons. The summed E-state index contributed by atoms with van der Waals surface area (Å²) in [5.41, 5.74) is 1.12.